The molecule has 0 saturated heterocycles. The van der Waals surface area contributed by atoms with E-state index in [2.05, 4.69) is 10.6 Å². The van der Waals surface area contributed by atoms with Crippen LogP contribution >= 0.6 is 11.8 Å². The fraction of sp³-hybridized carbons (Fsp3) is 0.286. The Morgan fingerprint density at radius 1 is 1.25 bits per heavy atom. The van der Waals surface area contributed by atoms with Gasteiger partial charge < -0.3 is 15.7 Å². The number of nitrogens with one attached hydrogen (secondary N) is 2. The highest BCUT2D eigenvalue weighted by molar-refractivity contribution is 7.98. The number of benzene rings is 1. The summed E-state index contributed by atoms with van der Waals surface area (Å²) in [5.74, 6) is -1.38. The molecule has 2 amide bonds. The zero-order valence-electron chi connectivity index (χ0n) is 11.0. The minimum atomic E-state index is -0.862. The van der Waals surface area contributed by atoms with Crippen LogP contribution in [0, 0.1) is 5.92 Å². The van der Waals surface area contributed by atoms with Crippen LogP contribution in [0.2, 0.25) is 0 Å². The van der Waals surface area contributed by atoms with Crippen LogP contribution in [0.1, 0.15) is 6.42 Å². The second kappa shape index (κ2) is 6.47. The van der Waals surface area contributed by atoms with Gasteiger partial charge in [-0.1, -0.05) is 12.2 Å². The Morgan fingerprint density at radius 2 is 1.95 bits per heavy atom. The second-order valence-electron chi connectivity index (χ2n) is 4.50. The van der Waals surface area contributed by atoms with Gasteiger partial charge in [-0.25, -0.2) is 4.79 Å². The van der Waals surface area contributed by atoms with Crippen LogP contribution < -0.4 is 10.6 Å². The van der Waals surface area contributed by atoms with Crippen LogP contribution in [0.5, 0.6) is 0 Å². The largest absolute Gasteiger partial charge is 0.481 e. The summed E-state index contributed by atoms with van der Waals surface area (Å²) in [6, 6.07) is 6.95. The highest BCUT2D eigenvalue weighted by Gasteiger charge is 2.25. The summed E-state index contributed by atoms with van der Waals surface area (Å²) in [6.45, 7) is 0. The molecule has 0 saturated carbocycles. The fourth-order valence-corrected chi connectivity index (χ4v) is 2.41. The van der Waals surface area contributed by atoms with Crippen molar-refractivity contribution in [2.45, 2.75) is 17.4 Å². The molecule has 0 fully saturated rings. The molecule has 0 spiro atoms. The fourth-order valence-electron chi connectivity index (χ4n) is 2.00. The van der Waals surface area contributed by atoms with Gasteiger partial charge in [0.15, 0.2) is 0 Å². The third kappa shape index (κ3) is 3.77. The molecule has 1 aliphatic rings. The smallest absolute Gasteiger partial charge is 0.319 e. The maximum atomic E-state index is 11.8. The summed E-state index contributed by atoms with van der Waals surface area (Å²) < 4.78 is 0. The lowest BCUT2D eigenvalue weighted by Gasteiger charge is -2.13. The van der Waals surface area contributed by atoms with Crippen LogP contribution in [-0.4, -0.2) is 29.4 Å². The Hall–Kier alpha value is -1.95. The Balaban J connectivity index is 1.84. The summed E-state index contributed by atoms with van der Waals surface area (Å²) in [5.41, 5.74) is 0.706. The van der Waals surface area contributed by atoms with Gasteiger partial charge in [0.1, 0.15) is 0 Å². The minimum absolute atomic E-state index is 0.235. The van der Waals surface area contributed by atoms with Crippen molar-refractivity contribution >= 4 is 29.4 Å². The number of thioether (sulfide) groups is 1. The normalized spacial score (nSPS) is 20.6. The number of carboxylic acid groups (broad SMARTS) is 1. The molecular weight excluding hydrogens is 276 g/mol. The molecule has 2 rings (SSSR count). The maximum absolute atomic E-state index is 11.8. The molecule has 3 N–H and O–H groups in total. The van der Waals surface area contributed by atoms with Gasteiger partial charge in [0.2, 0.25) is 0 Å². The number of rotatable bonds is 4. The van der Waals surface area contributed by atoms with Crippen molar-refractivity contribution in [1.29, 1.82) is 0 Å². The predicted octanol–water partition coefficient (Wildman–Crippen LogP) is 2.56. The van der Waals surface area contributed by atoms with Crippen molar-refractivity contribution in [2.75, 3.05) is 11.6 Å². The van der Waals surface area contributed by atoms with Crippen LogP contribution in [0.25, 0.3) is 0 Å². The van der Waals surface area contributed by atoms with Gasteiger partial charge in [0.25, 0.3) is 0 Å². The number of carboxylic acids is 1. The summed E-state index contributed by atoms with van der Waals surface area (Å²) in [5, 5.41) is 14.3. The van der Waals surface area contributed by atoms with E-state index >= 15 is 0 Å². The second-order valence-corrected chi connectivity index (χ2v) is 5.38. The van der Waals surface area contributed by atoms with Crippen LogP contribution in [-0.2, 0) is 4.79 Å². The predicted molar refractivity (Wildman–Crippen MR) is 79.0 cm³/mol. The van der Waals surface area contributed by atoms with Crippen LogP contribution in [0.15, 0.2) is 41.3 Å². The Labute approximate surface area is 121 Å². The molecule has 20 heavy (non-hydrogen) atoms. The number of aliphatic carboxylic acids is 1. The molecule has 2 unspecified atom stereocenters. The molecule has 6 heteroatoms. The number of anilines is 1. The first-order valence-electron chi connectivity index (χ1n) is 6.21. The maximum Gasteiger partial charge on any atom is 0.319 e. The number of urea groups is 1. The molecule has 0 aromatic heterocycles. The Bertz CT molecular complexity index is 528. The van der Waals surface area contributed by atoms with Gasteiger partial charge in [-0.3, -0.25) is 4.79 Å². The average molecular weight is 292 g/mol. The van der Waals surface area contributed by atoms with Crippen molar-refractivity contribution < 1.29 is 14.7 Å². The number of carbonyl (C=O) groups excluding carboxylic acids is 1. The highest BCUT2D eigenvalue weighted by Crippen LogP contribution is 2.19. The first-order valence-corrected chi connectivity index (χ1v) is 7.43. The summed E-state index contributed by atoms with van der Waals surface area (Å²) >= 11 is 1.63. The number of hydrogen-bond acceptors (Lipinski definition) is 3. The van der Waals surface area contributed by atoms with E-state index in [0.29, 0.717) is 12.1 Å². The lowest BCUT2D eigenvalue weighted by Crippen LogP contribution is -2.36. The minimum Gasteiger partial charge on any atom is -0.481 e. The standard InChI is InChI=1S/C14H16N2O3S/c1-20-12-6-4-10(5-7-12)15-14(19)16-11-3-2-9(8-11)13(17)18/h2-7,9,11H,8H2,1H3,(H,17,18)(H2,15,16,19). The van der Waals surface area contributed by atoms with Gasteiger partial charge in [-0.15, -0.1) is 11.8 Å². The van der Waals surface area contributed by atoms with Crippen molar-refractivity contribution in [3.05, 3.63) is 36.4 Å². The van der Waals surface area contributed by atoms with E-state index in [4.69, 9.17) is 5.11 Å². The molecule has 106 valence electrons. The van der Waals surface area contributed by atoms with Crippen molar-refractivity contribution in [3.63, 3.8) is 0 Å². The molecule has 2 atom stereocenters. The van der Waals surface area contributed by atoms with Crippen molar-refractivity contribution in [1.82, 2.24) is 5.32 Å². The van der Waals surface area contributed by atoms with Crippen molar-refractivity contribution in [3.8, 4) is 0 Å². The van der Waals surface area contributed by atoms with Crippen LogP contribution in [0.4, 0.5) is 10.5 Å². The lowest BCUT2D eigenvalue weighted by atomic mass is 10.1. The zero-order chi connectivity index (χ0) is 14.5. The molecule has 1 aromatic carbocycles. The first-order chi connectivity index (χ1) is 9.58. The molecule has 0 bridgehead atoms. The zero-order valence-corrected chi connectivity index (χ0v) is 11.8. The molecule has 1 aliphatic carbocycles. The number of hydrogen-bond donors (Lipinski definition) is 3. The van der Waals surface area contributed by atoms with Gasteiger partial charge in [-0.05, 0) is 36.9 Å². The van der Waals surface area contributed by atoms with Gasteiger partial charge in [0.05, 0.1) is 12.0 Å². The SMILES string of the molecule is CSc1ccc(NC(=O)NC2C=CC(C(=O)O)C2)cc1. The molecular formula is C14H16N2O3S. The quantitative estimate of drug-likeness (QED) is 0.588. The Morgan fingerprint density at radius 3 is 2.50 bits per heavy atom. The van der Waals surface area contributed by atoms with E-state index in [1.165, 1.54) is 0 Å². The van der Waals surface area contributed by atoms with E-state index in [-0.39, 0.29) is 12.1 Å². The number of amides is 2. The molecule has 0 heterocycles. The van der Waals surface area contributed by atoms with E-state index < -0.39 is 11.9 Å². The van der Waals surface area contributed by atoms with E-state index in [0.717, 1.165) is 4.90 Å². The third-order valence-electron chi connectivity index (χ3n) is 3.07. The Kier molecular flexibility index (Phi) is 4.68. The molecule has 1 aromatic rings. The third-order valence-corrected chi connectivity index (χ3v) is 3.81. The van der Waals surface area contributed by atoms with Crippen molar-refractivity contribution in [2.24, 2.45) is 5.92 Å². The summed E-state index contributed by atoms with van der Waals surface area (Å²) in [7, 11) is 0. The highest BCUT2D eigenvalue weighted by atomic mass is 32.2. The lowest BCUT2D eigenvalue weighted by molar-refractivity contribution is -0.140. The average Bonchev–Trinajstić information content (AvgIpc) is 2.88. The summed E-state index contributed by atoms with van der Waals surface area (Å²) in [6.07, 6.45) is 5.71. The monoisotopic (exact) mass is 292 g/mol. The molecule has 0 radical (unpaired) electrons. The van der Waals surface area contributed by atoms with Gasteiger partial charge in [0, 0.05) is 10.6 Å². The molecule has 5 nitrogen and oxygen atoms in total. The van der Waals surface area contributed by atoms with E-state index in [1.807, 2.05) is 30.5 Å². The first kappa shape index (κ1) is 14.5. The number of carbonyl (C=O) groups is 2. The molecule has 0 aliphatic heterocycles. The topological polar surface area (TPSA) is 78.4 Å². The van der Waals surface area contributed by atoms with Gasteiger partial charge in [-0.2, -0.15) is 0 Å². The van der Waals surface area contributed by atoms with E-state index in [9.17, 15) is 9.59 Å². The van der Waals surface area contributed by atoms with Crippen LogP contribution in [0.3, 0.4) is 0 Å². The summed E-state index contributed by atoms with van der Waals surface area (Å²) in [4.78, 5) is 23.7. The van der Waals surface area contributed by atoms with E-state index in [1.54, 1.807) is 23.9 Å². The van der Waals surface area contributed by atoms with Gasteiger partial charge >= 0.3 is 12.0 Å².